The molecule has 0 aliphatic heterocycles. The molecule has 4 nitrogen and oxygen atoms in total. The van der Waals surface area contributed by atoms with Crippen molar-refractivity contribution in [1.29, 1.82) is 0 Å². The zero-order valence-electron chi connectivity index (χ0n) is 9.06. The number of unbranched alkanes of at least 4 members (excludes halogenated alkanes) is 2. The zero-order chi connectivity index (χ0) is 10.5. The quantitative estimate of drug-likeness (QED) is 0.331. The third-order valence-corrected chi connectivity index (χ3v) is 3.37. The maximum atomic E-state index is 10.7. The van der Waals surface area contributed by atoms with Crippen LogP contribution in [-0.2, 0) is 10.1 Å². The van der Waals surface area contributed by atoms with E-state index in [4.69, 9.17) is 5.11 Å². The summed E-state index contributed by atoms with van der Waals surface area (Å²) in [5.74, 6) is 0. The largest absolute Gasteiger partial charge is 1.00 e. The number of aliphatic hydroxyl groups is 1. The molecule has 14 heavy (non-hydrogen) atoms. The van der Waals surface area contributed by atoms with E-state index in [0.717, 1.165) is 12.8 Å². The van der Waals surface area contributed by atoms with Crippen molar-refractivity contribution in [3.63, 3.8) is 0 Å². The summed E-state index contributed by atoms with van der Waals surface area (Å²) in [5, 5.41) is 7.93. The van der Waals surface area contributed by atoms with Gasteiger partial charge in [-0.05, 0) is 13.3 Å². The van der Waals surface area contributed by atoms with Gasteiger partial charge < -0.3 is 9.66 Å². The summed E-state index contributed by atoms with van der Waals surface area (Å²) in [5.41, 5.74) is 0. The fourth-order valence-corrected chi connectivity index (χ4v) is 2.16. The molecule has 0 aliphatic carbocycles. The number of hydrogen-bond acceptors (Lipinski definition) is 4. The van der Waals surface area contributed by atoms with Crippen molar-refractivity contribution in [2.24, 2.45) is 0 Å². The summed E-state index contributed by atoms with van der Waals surface area (Å²) in [6.45, 7) is 3.33. The van der Waals surface area contributed by atoms with Crippen molar-refractivity contribution in [3.05, 3.63) is 0 Å². The van der Waals surface area contributed by atoms with Crippen LogP contribution in [0.25, 0.3) is 0 Å². The molecule has 0 aromatic heterocycles. The van der Waals surface area contributed by atoms with Crippen molar-refractivity contribution >= 4 is 10.1 Å². The van der Waals surface area contributed by atoms with E-state index in [2.05, 4.69) is 0 Å². The average molecular weight is 248 g/mol. The molecule has 0 radical (unpaired) electrons. The average Bonchev–Trinajstić information content (AvgIpc) is 1.94. The van der Waals surface area contributed by atoms with E-state index < -0.39 is 21.5 Å². The van der Waals surface area contributed by atoms with E-state index in [1.54, 1.807) is 0 Å². The van der Waals surface area contributed by atoms with Crippen LogP contribution in [0.5, 0.6) is 0 Å². The minimum atomic E-state index is -4.34. The molecule has 80 valence electrons. The van der Waals surface area contributed by atoms with Crippen LogP contribution in [0.2, 0.25) is 0 Å². The van der Waals surface area contributed by atoms with Gasteiger partial charge in [-0.25, -0.2) is 8.42 Å². The number of aliphatic hydroxyl groups excluding tert-OH is 1. The molecule has 0 amide bonds. The molecule has 6 heteroatoms. The first-order valence-electron chi connectivity index (χ1n) is 4.52. The molecule has 0 aromatic carbocycles. The Bertz CT molecular complexity index is 225. The number of rotatable bonds is 6. The molecule has 0 bridgehead atoms. The summed E-state index contributed by atoms with van der Waals surface area (Å²) in [7, 11) is -4.34. The van der Waals surface area contributed by atoms with Crippen LogP contribution in [0.3, 0.4) is 0 Å². The molecule has 0 rings (SSSR count). The van der Waals surface area contributed by atoms with Crippen molar-refractivity contribution in [2.45, 2.75) is 50.9 Å². The van der Waals surface area contributed by atoms with Crippen molar-refractivity contribution in [1.82, 2.24) is 0 Å². The summed E-state index contributed by atoms with van der Waals surface area (Å²) >= 11 is 0. The molecule has 1 N–H and O–H groups in total. The van der Waals surface area contributed by atoms with Crippen LogP contribution in [0.15, 0.2) is 0 Å². The van der Waals surface area contributed by atoms with Gasteiger partial charge in [-0.1, -0.05) is 26.2 Å². The molecule has 2 atom stereocenters. The van der Waals surface area contributed by atoms with Gasteiger partial charge in [0.2, 0.25) is 0 Å². The summed E-state index contributed by atoms with van der Waals surface area (Å²) in [4.78, 5) is 0. The summed E-state index contributed by atoms with van der Waals surface area (Å²) in [6.07, 6.45) is 1.72. The molecule has 0 saturated carbocycles. The maximum Gasteiger partial charge on any atom is 1.00 e. The maximum absolute atomic E-state index is 10.7. The Morgan fingerprint density at radius 2 is 1.86 bits per heavy atom. The Morgan fingerprint density at radius 1 is 1.36 bits per heavy atom. The van der Waals surface area contributed by atoms with Gasteiger partial charge in [-0.15, -0.1) is 0 Å². The molecule has 0 saturated heterocycles. The van der Waals surface area contributed by atoms with Gasteiger partial charge in [0.15, 0.2) is 0 Å². The molecule has 0 spiro atoms. The van der Waals surface area contributed by atoms with Gasteiger partial charge in [-0.2, -0.15) is 0 Å². The molecule has 0 heterocycles. The van der Waals surface area contributed by atoms with Gasteiger partial charge in [0.05, 0.1) is 11.4 Å². The number of hydrogen-bond donors (Lipinski definition) is 1. The van der Waals surface area contributed by atoms with E-state index in [9.17, 15) is 13.0 Å². The standard InChI is InChI=1S/C8H18O4S.K/c1-3-4-5-6-8(7(2)9)13(10,11)12;/h7-9H,3-6H2,1-2H3,(H,10,11,12);/q;+1/p-1. The van der Waals surface area contributed by atoms with Crippen LogP contribution in [0.4, 0.5) is 0 Å². The van der Waals surface area contributed by atoms with Gasteiger partial charge >= 0.3 is 51.4 Å². The van der Waals surface area contributed by atoms with E-state index in [1.165, 1.54) is 6.92 Å². The van der Waals surface area contributed by atoms with E-state index in [-0.39, 0.29) is 57.8 Å². The first-order chi connectivity index (χ1) is 5.89. The third kappa shape index (κ3) is 7.75. The topological polar surface area (TPSA) is 77.4 Å². The van der Waals surface area contributed by atoms with Crippen molar-refractivity contribution in [3.8, 4) is 0 Å². The second-order valence-corrected chi connectivity index (χ2v) is 4.86. The van der Waals surface area contributed by atoms with Crippen LogP contribution in [0, 0.1) is 0 Å². The van der Waals surface area contributed by atoms with Crippen molar-refractivity contribution in [2.75, 3.05) is 0 Å². The van der Waals surface area contributed by atoms with Gasteiger partial charge in [0, 0.05) is 0 Å². The van der Waals surface area contributed by atoms with Crippen LogP contribution in [0.1, 0.15) is 39.5 Å². The molecule has 0 aromatic rings. The Morgan fingerprint density at radius 3 is 2.14 bits per heavy atom. The van der Waals surface area contributed by atoms with Crippen LogP contribution >= 0.6 is 0 Å². The summed E-state index contributed by atoms with van der Waals surface area (Å²) < 4.78 is 32.0. The Labute approximate surface area is 129 Å². The molecule has 0 fully saturated rings. The second kappa shape index (κ2) is 8.63. The van der Waals surface area contributed by atoms with Gasteiger partial charge in [0.25, 0.3) is 0 Å². The normalized spacial score (nSPS) is 15.7. The first-order valence-corrected chi connectivity index (χ1v) is 5.99. The SMILES string of the molecule is CCCCCC(C(C)O)S(=O)(=O)[O-].[K+]. The van der Waals surface area contributed by atoms with E-state index in [1.807, 2.05) is 6.92 Å². The van der Waals surface area contributed by atoms with Gasteiger partial charge in [0.1, 0.15) is 10.1 Å². The van der Waals surface area contributed by atoms with Crippen LogP contribution < -0.4 is 51.4 Å². The molecule has 0 aliphatic rings. The predicted molar refractivity (Wildman–Crippen MR) is 49.3 cm³/mol. The first kappa shape index (κ1) is 17.9. The third-order valence-electron chi connectivity index (χ3n) is 2.00. The minimum absolute atomic E-state index is 0. The molecular formula is C8H17KO4S. The Kier molecular flexibility index (Phi) is 11.0. The monoisotopic (exact) mass is 248 g/mol. The van der Waals surface area contributed by atoms with Crippen molar-refractivity contribution < 1.29 is 69.5 Å². The van der Waals surface area contributed by atoms with Gasteiger partial charge in [-0.3, -0.25) is 0 Å². The predicted octanol–water partition coefficient (Wildman–Crippen LogP) is -2.13. The van der Waals surface area contributed by atoms with Crippen LogP contribution in [-0.4, -0.2) is 29.4 Å². The minimum Gasteiger partial charge on any atom is -0.748 e. The van der Waals surface area contributed by atoms with E-state index >= 15 is 0 Å². The fraction of sp³-hybridized carbons (Fsp3) is 1.00. The zero-order valence-corrected chi connectivity index (χ0v) is 13.0. The summed E-state index contributed by atoms with van der Waals surface area (Å²) in [6, 6.07) is 0. The van der Waals surface area contributed by atoms with E-state index in [0.29, 0.717) is 6.42 Å². The Balaban J connectivity index is 0. The second-order valence-electron chi connectivity index (χ2n) is 3.27. The Hall–Kier alpha value is 1.51. The smallest absolute Gasteiger partial charge is 0.748 e. The fourth-order valence-electron chi connectivity index (χ4n) is 1.22. The molecule has 2 unspecified atom stereocenters. The molecular weight excluding hydrogens is 231 g/mol.